The van der Waals surface area contributed by atoms with Gasteiger partial charge in [-0.05, 0) is 92.3 Å². The number of aliphatic hydroxyl groups is 3. The molecule has 0 radical (unpaired) electrons. The lowest BCUT2D eigenvalue weighted by Crippen LogP contribution is -2.59. The third-order valence-electron chi connectivity index (χ3n) is 10.3. The van der Waals surface area contributed by atoms with Crippen LogP contribution in [0.1, 0.15) is 78.6 Å². The van der Waals surface area contributed by atoms with Crippen molar-refractivity contribution in [3.05, 3.63) is 0 Å². The van der Waals surface area contributed by atoms with Gasteiger partial charge in [0.15, 0.2) is 0 Å². The number of aliphatic hydroxyl groups excluding tert-OH is 3. The molecule has 0 amide bonds. The molecule has 0 aromatic rings. The van der Waals surface area contributed by atoms with Crippen LogP contribution in [0.25, 0.3) is 0 Å². The summed E-state index contributed by atoms with van der Waals surface area (Å²) in [5.74, 6) is 1.07. The van der Waals surface area contributed by atoms with Crippen molar-refractivity contribution in [1.29, 1.82) is 0 Å². The van der Waals surface area contributed by atoms with E-state index in [4.69, 9.17) is 5.11 Å². The van der Waals surface area contributed by atoms with Gasteiger partial charge < -0.3 is 20.4 Å². The van der Waals surface area contributed by atoms with E-state index in [2.05, 4.69) is 20.8 Å². The molecular weight excluding hydrogens is 368 g/mol. The Morgan fingerprint density at radius 2 is 1.76 bits per heavy atom. The van der Waals surface area contributed by atoms with Crippen molar-refractivity contribution in [1.82, 2.24) is 0 Å². The van der Waals surface area contributed by atoms with Crippen LogP contribution in [0, 0.1) is 46.3 Å². The molecular formula is C24H40O5. The summed E-state index contributed by atoms with van der Waals surface area (Å²) in [7, 11) is 0. The Morgan fingerprint density at radius 3 is 2.45 bits per heavy atom. The predicted octanol–water partition coefficient (Wildman–Crippen LogP) is 3.45. The molecule has 5 nitrogen and oxygen atoms in total. The highest BCUT2D eigenvalue weighted by molar-refractivity contribution is 5.66. The average molecular weight is 409 g/mol. The van der Waals surface area contributed by atoms with E-state index >= 15 is 0 Å². The molecule has 4 saturated carbocycles. The van der Waals surface area contributed by atoms with Crippen molar-refractivity contribution in [2.45, 2.75) is 96.9 Å². The fourth-order valence-electron chi connectivity index (χ4n) is 8.79. The van der Waals surface area contributed by atoms with Crippen molar-refractivity contribution >= 4 is 5.97 Å². The number of fused-ring (bicyclic) bond motifs is 5. The Kier molecular flexibility index (Phi) is 5.57. The lowest BCUT2D eigenvalue weighted by Gasteiger charge is -2.62. The molecule has 0 saturated heterocycles. The molecule has 4 aliphatic rings. The molecule has 0 aliphatic heterocycles. The zero-order valence-electron chi connectivity index (χ0n) is 18.3. The van der Waals surface area contributed by atoms with Gasteiger partial charge in [-0.25, -0.2) is 0 Å². The highest BCUT2D eigenvalue weighted by Gasteiger charge is 2.65. The summed E-state index contributed by atoms with van der Waals surface area (Å²) in [6.07, 6.45) is 6.20. The second-order valence-electron chi connectivity index (χ2n) is 11.4. The van der Waals surface area contributed by atoms with Gasteiger partial charge in [0.25, 0.3) is 0 Å². The molecule has 4 aliphatic carbocycles. The molecule has 4 fully saturated rings. The summed E-state index contributed by atoms with van der Waals surface area (Å²) in [5, 5.41) is 41.8. The van der Waals surface area contributed by atoms with Gasteiger partial charge in [0, 0.05) is 11.8 Å². The predicted molar refractivity (Wildman–Crippen MR) is 110 cm³/mol. The molecule has 4 rings (SSSR count). The van der Waals surface area contributed by atoms with Crippen LogP contribution in [-0.2, 0) is 4.79 Å². The van der Waals surface area contributed by atoms with Gasteiger partial charge in [-0.1, -0.05) is 20.8 Å². The van der Waals surface area contributed by atoms with Crippen LogP contribution in [0.4, 0.5) is 0 Å². The van der Waals surface area contributed by atoms with Crippen LogP contribution in [-0.4, -0.2) is 44.7 Å². The number of carbonyl (C=O) groups is 1. The molecule has 0 bridgehead atoms. The van der Waals surface area contributed by atoms with Crippen LogP contribution in [0.2, 0.25) is 0 Å². The van der Waals surface area contributed by atoms with Gasteiger partial charge in [0.2, 0.25) is 0 Å². The van der Waals surface area contributed by atoms with Crippen molar-refractivity contribution in [3.63, 3.8) is 0 Å². The monoisotopic (exact) mass is 408 g/mol. The van der Waals surface area contributed by atoms with Gasteiger partial charge in [-0.2, -0.15) is 0 Å². The normalized spacial score (nSPS) is 52.9. The zero-order valence-corrected chi connectivity index (χ0v) is 18.3. The van der Waals surface area contributed by atoms with Crippen LogP contribution in [0.3, 0.4) is 0 Å². The lowest BCUT2D eigenvalue weighted by molar-refractivity contribution is -0.176. The van der Waals surface area contributed by atoms with Crippen molar-refractivity contribution in [2.75, 3.05) is 0 Å². The standard InChI is InChI=1S/C24H40O5/c1-13(4-7-21(28)29)22-19(26)11-18-16-6-5-14-10-15(25)8-9-23(14,2)17(16)12-20(27)24(18,22)3/h13-20,22,25-27H,4-12H2,1-3H3,(H,28,29)/t13-,14?,15?,16-,17+,18+,19?,20?,22+,23+,24-/m1/s1. The number of carboxylic acid groups (broad SMARTS) is 1. The summed E-state index contributed by atoms with van der Waals surface area (Å²) in [4.78, 5) is 11.1. The van der Waals surface area contributed by atoms with E-state index in [0.717, 1.165) is 44.9 Å². The fraction of sp³-hybridized carbons (Fsp3) is 0.958. The molecule has 5 heteroatoms. The summed E-state index contributed by atoms with van der Waals surface area (Å²) in [6, 6.07) is 0. The molecule has 29 heavy (non-hydrogen) atoms. The van der Waals surface area contributed by atoms with E-state index < -0.39 is 18.2 Å². The van der Waals surface area contributed by atoms with E-state index in [-0.39, 0.29) is 35.2 Å². The fourth-order valence-corrected chi connectivity index (χ4v) is 8.79. The van der Waals surface area contributed by atoms with E-state index in [1.165, 1.54) is 0 Å². The van der Waals surface area contributed by atoms with Crippen LogP contribution < -0.4 is 0 Å². The number of rotatable bonds is 4. The first kappa shape index (κ1) is 21.6. The highest BCUT2D eigenvalue weighted by Crippen LogP contribution is 2.68. The first-order valence-electron chi connectivity index (χ1n) is 11.8. The van der Waals surface area contributed by atoms with Crippen molar-refractivity contribution in [3.8, 4) is 0 Å². The van der Waals surface area contributed by atoms with Crippen LogP contribution in [0.5, 0.6) is 0 Å². The van der Waals surface area contributed by atoms with Crippen LogP contribution >= 0.6 is 0 Å². The Morgan fingerprint density at radius 1 is 1.03 bits per heavy atom. The van der Waals surface area contributed by atoms with Gasteiger partial charge in [0.05, 0.1) is 18.3 Å². The minimum absolute atomic E-state index is 0.0403. The first-order chi connectivity index (χ1) is 13.6. The second-order valence-corrected chi connectivity index (χ2v) is 11.4. The van der Waals surface area contributed by atoms with Crippen LogP contribution in [0.15, 0.2) is 0 Å². The lowest BCUT2D eigenvalue weighted by atomic mass is 9.43. The highest BCUT2D eigenvalue weighted by atomic mass is 16.4. The maximum absolute atomic E-state index is 11.5. The van der Waals surface area contributed by atoms with Gasteiger partial charge in [0.1, 0.15) is 0 Å². The third kappa shape index (κ3) is 3.27. The molecule has 0 aromatic heterocycles. The molecule has 0 heterocycles. The molecule has 166 valence electrons. The van der Waals surface area contributed by atoms with Gasteiger partial charge >= 0.3 is 5.97 Å². The van der Waals surface area contributed by atoms with Gasteiger partial charge in [-0.15, -0.1) is 0 Å². The number of carboxylic acids is 1. The summed E-state index contributed by atoms with van der Waals surface area (Å²) in [6.45, 7) is 6.63. The molecule has 11 atom stereocenters. The maximum Gasteiger partial charge on any atom is 0.303 e. The average Bonchev–Trinajstić information content (AvgIpc) is 2.93. The summed E-state index contributed by atoms with van der Waals surface area (Å²) < 4.78 is 0. The minimum Gasteiger partial charge on any atom is -0.481 e. The maximum atomic E-state index is 11.5. The smallest absolute Gasteiger partial charge is 0.303 e. The van der Waals surface area contributed by atoms with E-state index in [1.807, 2.05) is 0 Å². The Balaban J connectivity index is 1.60. The third-order valence-corrected chi connectivity index (χ3v) is 10.3. The van der Waals surface area contributed by atoms with Gasteiger partial charge in [-0.3, -0.25) is 4.79 Å². The summed E-state index contributed by atoms with van der Waals surface area (Å²) >= 11 is 0. The Bertz CT molecular complexity index is 637. The molecule has 4 unspecified atom stereocenters. The number of aliphatic carboxylic acids is 1. The topological polar surface area (TPSA) is 98.0 Å². The SMILES string of the molecule is C[C@H](CCC(=O)O)[C@H]1C(O)C[C@H]2[C@@H]3CCC4CC(O)CC[C@]4(C)[C@H]3CC(O)[C@]12C. The quantitative estimate of drug-likeness (QED) is 0.571. The van der Waals surface area contributed by atoms with Crippen molar-refractivity contribution in [2.24, 2.45) is 46.3 Å². The number of hydrogen-bond donors (Lipinski definition) is 4. The van der Waals surface area contributed by atoms with E-state index in [0.29, 0.717) is 30.1 Å². The molecule has 0 spiro atoms. The first-order valence-corrected chi connectivity index (χ1v) is 11.8. The minimum atomic E-state index is -0.791. The Labute approximate surface area is 174 Å². The summed E-state index contributed by atoms with van der Waals surface area (Å²) in [5.41, 5.74) is -0.154. The zero-order chi connectivity index (χ0) is 21.1. The second kappa shape index (κ2) is 7.49. The van der Waals surface area contributed by atoms with E-state index in [9.17, 15) is 20.1 Å². The molecule has 0 aromatic carbocycles. The van der Waals surface area contributed by atoms with Crippen molar-refractivity contribution < 1.29 is 25.2 Å². The number of hydrogen-bond acceptors (Lipinski definition) is 4. The largest absolute Gasteiger partial charge is 0.481 e. The Hall–Kier alpha value is -0.650. The molecule has 4 N–H and O–H groups in total. The van der Waals surface area contributed by atoms with E-state index in [1.54, 1.807) is 0 Å².